The summed E-state index contributed by atoms with van der Waals surface area (Å²) in [6, 6.07) is 18.4. The van der Waals surface area contributed by atoms with Crippen LogP contribution in [0.15, 0.2) is 83.6 Å². The number of carbonyl (C=O) groups is 2. The largest absolute Gasteiger partial charge is 0.317 e. The predicted octanol–water partition coefficient (Wildman–Crippen LogP) is 4.55. The Morgan fingerprint density at radius 1 is 0.931 bits per heavy atom. The van der Waals surface area contributed by atoms with Gasteiger partial charge in [-0.15, -0.1) is 0 Å². The number of nitrogens with zero attached hydrogens (tertiary/aromatic N) is 1. The molecule has 2 rings (SSSR count). The molecule has 0 unspecified atom stereocenters. The molecule has 0 aromatic heterocycles. The van der Waals surface area contributed by atoms with E-state index >= 15 is 0 Å². The summed E-state index contributed by atoms with van der Waals surface area (Å²) < 4.78 is 0. The van der Waals surface area contributed by atoms with Crippen molar-refractivity contribution in [2.24, 2.45) is 10.5 Å². The molecule has 0 heterocycles. The molecule has 0 radical (unpaired) electrons. The Kier molecular flexibility index (Phi) is 7.66. The SMILES string of the molecule is CC(=NNC(=O)C(=CC=Cc1ccccc1)NC(=O)c1ccccc1)C(C)(C)C. The van der Waals surface area contributed by atoms with E-state index in [1.165, 1.54) is 0 Å². The van der Waals surface area contributed by atoms with Gasteiger partial charge in [-0.3, -0.25) is 9.59 Å². The third kappa shape index (κ3) is 7.22. The lowest BCUT2D eigenvalue weighted by Crippen LogP contribution is -2.34. The van der Waals surface area contributed by atoms with Gasteiger partial charge in [-0.2, -0.15) is 5.10 Å². The first-order chi connectivity index (χ1) is 13.8. The van der Waals surface area contributed by atoms with E-state index in [2.05, 4.69) is 15.8 Å². The van der Waals surface area contributed by atoms with E-state index in [0.717, 1.165) is 11.3 Å². The molecule has 0 saturated carbocycles. The molecule has 0 aliphatic carbocycles. The Labute approximate surface area is 172 Å². The second-order valence-electron chi connectivity index (χ2n) is 7.56. The van der Waals surface area contributed by atoms with Gasteiger partial charge in [0.05, 0.1) is 0 Å². The van der Waals surface area contributed by atoms with Gasteiger partial charge in [0.15, 0.2) is 0 Å². The fourth-order valence-corrected chi connectivity index (χ4v) is 2.14. The molecule has 2 amide bonds. The molecule has 0 fully saturated rings. The number of hydrogen-bond acceptors (Lipinski definition) is 3. The maximum absolute atomic E-state index is 12.6. The van der Waals surface area contributed by atoms with E-state index in [4.69, 9.17) is 0 Å². The average molecular weight is 389 g/mol. The van der Waals surface area contributed by atoms with Crippen LogP contribution in [0.2, 0.25) is 0 Å². The lowest BCUT2D eigenvalue weighted by Gasteiger charge is -2.17. The van der Waals surface area contributed by atoms with E-state index < -0.39 is 5.91 Å². The molecular weight excluding hydrogens is 362 g/mol. The lowest BCUT2D eigenvalue weighted by atomic mass is 9.91. The monoisotopic (exact) mass is 389 g/mol. The van der Waals surface area contributed by atoms with Crippen molar-refractivity contribution in [3.8, 4) is 0 Å². The highest BCUT2D eigenvalue weighted by atomic mass is 16.2. The van der Waals surface area contributed by atoms with Crippen LogP contribution in [0.5, 0.6) is 0 Å². The van der Waals surface area contributed by atoms with Crippen molar-refractivity contribution >= 4 is 23.6 Å². The van der Waals surface area contributed by atoms with Crippen LogP contribution in [0.25, 0.3) is 6.08 Å². The highest BCUT2D eigenvalue weighted by Gasteiger charge is 2.17. The topological polar surface area (TPSA) is 70.6 Å². The molecule has 5 nitrogen and oxygen atoms in total. The van der Waals surface area contributed by atoms with E-state index in [9.17, 15) is 9.59 Å². The van der Waals surface area contributed by atoms with Gasteiger partial charge >= 0.3 is 0 Å². The molecule has 5 heteroatoms. The molecule has 0 atom stereocenters. The third-order valence-electron chi connectivity index (χ3n) is 4.29. The molecule has 150 valence electrons. The molecule has 2 N–H and O–H groups in total. The average Bonchev–Trinajstić information content (AvgIpc) is 2.71. The number of rotatable bonds is 6. The number of carbonyl (C=O) groups excluding carboxylic acids is 2. The predicted molar refractivity (Wildman–Crippen MR) is 118 cm³/mol. The van der Waals surface area contributed by atoms with E-state index in [1.807, 2.05) is 70.2 Å². The molecule has 2 aromatic carbocycles. The maximum Gasteiger partial charge on any atom is 0.287 e. The van der Waals surface area contributed by atoms with Gasteiger partial charge in [-0.1, -0.05) is 81.5 Å². The number of nitrogens with one attached hydrogen (secondary N) is 2. The number of allylic oxidation sites excluding steroid dienone is 2. The summed E-state index contributed by atoms with van der Waals surface area (Å²) in [6.45, 7) is 7.87. The zero-order chi connectivity index (χ0) is 21.3. The molecule has 2 aromatic rings. The highest BCUT2D eigenvalue weighted by molar-refractivity contribution is 6.03. The van der Waals surface area contributed by atoms with Crippen LogP contribution in [0.4, 0.5) is 0 Å². The Balaban J connectivity index is 2.22. The van der Waals surface area contributed by atoms with E-state index in [1.54, 1.807) is 36.4 Å². The van der Waals surface area contributed by atoms with Crippen molar-refractivity contribution in [1.29, 1.82) is 0 Å². The van der Waals surface area contributed by atoms with Gasteiger partial charge in [0.2, 0.25) is 0 Å². The van der Waals surface area contributed by atoms with Crippen molar-refractivity contribution in [1.82, 2.24) is 10.7 Å². The molecule has 29 heavy (non-hydrogen) atoms. The second-order valence-corrected chi connectivity index (χ2v) is 7.56. The van der Waals surface area contributed by atoms with Crippen LogP contribution >= 0.6 is 0 Å². The number of hydrazone groups is 1. The zero-order valence-electron chi connectivity index (χ0n) is 17.3. The fourth-order valence-electron chi connectivity index (χ4n) is 2.14. The Bertz CT molecular complexity index is 922. The van der Waals surface area contributed by atoms with Crippen molar-refractivity contribution < 1.29 is 9.59 Å². The summed E-state index contributed by atoms with van der Waals surface area (Å²) in [6.07, 6.45) is 5.13. The molecule has 0 saturated heterocycles. The molecule has 0 aliphatic heterocycles. The minimum absolute atomic E-state index is 0.108. The minimum Gasteiger partial charge on any atom is -0.317 e. The van der Waals surface area contributed by atoms with Crippen molar-refractivity contribution in [2.75, 3.05) is 0 Å². The molecular formula is C24H27N3O2. The quantitative estimate of drug-likeness (QED) is 0.329. The Morgan fingerprint density at radius 3 is 2.10 bits per heavy atom. The third-order valence-corrected chi connectivity index (χ3v) is 4.29. The number of hydrogen-bond donors (Lipinski definition) is 2. The summed E-state index contributed by atoms with van der Waals surface area (Å²) in [4.78, 5) is 25.1. The molecule has 0 bridgehead atoms. The summed E-state index contributed by atoms with van der Waals surface area (Å²) in [5.74, 6) is -0.854. The van der Waals surface area contributed by atoms with Crippen LogP contribution in [0.3, 0.4) is 0 Å². The normalized spacial score (nSPS) is 12.7. The van der Waals surface area contributed by atoms with Gasteiger partial charge in [-0.05, 0) is 30.7 Å². The van der Waals surface area contributed by atoms with Gasteiger partial charge in [0.1, 0.15) is 5.70 Å². The zero-order valence-corrected chi connectivity index (χ0v) is 17.3. The lowest BCUT2D eigenvalue weighted by molar-refractivity contribution is -0.117. The highest BCUT2D eigenvalue weighted by Crippen LogP contribution is 2.15. The maximum atomic E-state index is 12.6. The minimum atomic E-state index is -0.490. The fraction of sp³-hybridized carbons (Fsp3) is 0.208. The molecule has 0 spiro atoms. The number of benzene rings is 2. The van der Waals surface area contributed by atoms with E-state index in [0.29, 0.717) is 5.56 Å². The summed E-state index contributed by atoms with van der Waals surface area (Å²) in [5, 5.41) is 6.83. The standard InChI is InChI=1S/C24H27N3O2/c1-18(24(2,3)4)26-27-23(29)21(17-11-14-19-12-7-5-8-13-19)25-22(28)20-15-9-6-10-16-20/h5-17H,1-4H3,(H,25,28)(H,27,29). The van der Waals surface area contributed by atoms with Crippen molar-refractivity contribution in [3.05, 3.63) is 89.6 Å². The number of amides is 2. The van der Waals surface area contributed by atoms with Crippen LogP contribution < -0.4 is 10.7 Å². The van der Waals surface area contributed by atoms with Gasteiger partial charge in [0.25, 0.3) is 11.8 Å². The van der Waals surface area contributed by atoms with Crippen molar-refractivity contribution in [2.45, 2.75) is 27.7 Å². The van der Waals surface area contributed by atoms with Gasteiger partial charge in [0, 0.05) is 16.7 Å². The molecule has 0 aliphatic rings. The Morgan fingerprint density at radius 2 is 1.52 bits per heavy atom. The Hall–Kier alpha value is -3.47. The van der Waals surface area contributed by atoms with Gasteiger partial charge < -0.3 is 5.32 Å². The first kappa shape index (κ1) is 21.8. The van der Waals surface area contributed by atoms with Crippen LogP contribution in [-0.2, 0) is 4.79 Å². The van der Waals surface area contributed by atoms with Crippen LogP contribution in [0.1, 0.15) is 43.6 Å². The first-order valence-corrected chi connectivity index (χ1v) is 9.42. The second kappa shape index (κ2) is 10.2. The summed E-state index contributed by atoms with van der Waals surface area (Å²) >= 11 is 0. The smallest absolute Gasteiger partial charge is 0.287 e. The summed E-state index contributed by atoms with van der Waals surface area (Å²) in [5.41, 5.74) is 4.69. The van der Waals surface area contributed by atoms with E-state index in [-0.39, 0.29) is 17.0 Å². The van der Waals surface area contributed by atoms with Gasteiger partial charge in [-0.25, -0.2) is 5.43 Å². The first-order valence-electron chi connectivity index (χ1n) is 9.42. The van der Waals surface area contributed by atoms with Crippen LogP contribution in [0, 0.1) is 5.41 Å². The van der Waals surface area contributed by atoms with Crippen molar-refractivity contribution in [3.63, 3.8) is 0 Å². The summed E-state index contributed by atoms with van der Waals surface area (Å²) in [7, 11) is 0. The van der Waals surface area contributed by atoms with Crippen LogP contribution in [-0.4, -0.2) is 17.5 Å².